The Morgan fingerprint density at radius 3 is 2.29 bits per heavy atom. The van der Waals surface area contributed by atoms with Gasteiger partial charge in [-0.15, -0.1) is 0 Å². The highest BCUT2D eigenvalue weighted by Crippen LogP contribution is 2.33. The standard InChI is InChI=1S/C23H29N3O2/c1-28-17-22(27)25-12-13-26-20(16-25)14-24-15-21(26)23(18-8-4-2-5-9-18)19-10-6-3-7-11-19/h2-11,20-21,23-24H,12-17H2,1H3/t20-,21?/m1/s1. The predicted octanol–water partition coefficient (Wildman–Crippen LogP) is 1.95. The van der Waals surface area contributed by atoms with Gasteiger partial charge in [-0.25, -0.2) is 0 Å². The average molecular weight is 380 g/mol. The minimum atomic E-state index is 0.0898. The highest BCUT2D eigenvalue weighted by atomic mass is 16.5. The monoisotopic (exact) mass is 379 g/mol. The van der Waals surface area contributed by atoms with E-state index in [0.717, 1.165) is 32.7 Å². The lowest BCUT2D eigenvalue weighted by molar-refractivity contribution is -0.139. The summed E-state index contributed by atoms with van der Waals surface area (Å²) in [7, 11) is 1.58. The highest BCUT2D eigenvalue weighted by Gasteiger charge is 2.40. The maximum atomic E-state index is 12.3. The van der Waals surface area contributed by atoms with Crippen molar-refractivity contribution in [1.82, 2.24) is 15.1 Å². The first-order chi connectivity index (χ1) is 13.8. The van der Waals surface area contributed by atoms with E-state index in [1.54, 1.807) is 7.11 Å². The summed E-state index contributed by atoms with van der Waals surface area (Å²) in [6, 6.07) is 22.3. The van der Waals surface area contributed by atoms with Crippen molar-refractivity contribution >= 4 is 5.91 Å². The largest absolute Gasteiger partial charge is 0.375 e. The minimum Gasteiger partial charge on any atom is -0.375 e. The third-order valence-electron chi connectivity index (χ3n) is 6.01. The zero-order valence-corrected chi connectivity index (χ0v) is 16.5. The van der Waals surface area contributed by atoms with Crippen molar-refractivity contribution in [3.05, 3.63) is 71.8 Å². The van der Waals surface area contributed by atoms with Gasteiger partial charge in [0.05, 0.1) is 0 Å². The van der Waals surface area contributed by atoms with E-state index in [9.17, 15) is 4.79 Å². The summed E-state index contributed by atoms with van der Waals surface area (Å²) < 4.78 is 5.05. The second-order valence-electron chi connectivity index (χ2n) is 7.69. The first-order valence-electron chi connectivity index (χ1n) is 10.1. The normalized spacial score (nSPS) is 22.9. The number of hydrogen-bond donors (Lipinski definition) is 1. The van der Waals surface area contributed by atoms with Crippen LogP contribution < -0.4 is 5.32 Å². The molecule has 2 aliphatic heterocycles. The third-order valence-corrected chi connectivity index (χ3v) is 6.01. The van der Waals surface area contributed by atoms with Gasteiger partial charge in [-0.05, 0) is 11.1 Å². The maximum absolute atomic E-state index is 12.3. The van der Waals surface area contributed by atoms with Gasteiger partial charge in [0.25, 0.3) is 0 Å². The van der Waals surface area contributed by atoms with Crippen molar-refractivity contribution in [2.24, 2.45) is 0 Å². The fraction of sp³-hybridized carbons (Fsp3) is 0.435. The molecule has 5 heteroatoms. The van der Waals surface area contributed by atoms with Crippen LogP contribution in [0, 0.1) is 0 Å². The Morgan fingerprint density at radius 2 is 1.68 bits per heavy atom. The van der Waals surface area contributed by atoms with Crippen LogP contribution in [-0.2, 0) is 9.53 Å². The van der Waals surface area contributed by atoms with Crippen LogP contribution in [0.1, 0.15) is 17.0 Å². The molecule has 0 spiro atoms. The number of piperazine rings is 2. The van der Waals surface area contributed by atoms with E-state index in [0.29, 0.717) is 18.0 Å². The molecule has 2 aromatic carbocycles. The van der Waals surface area contributed by atoms with E-state index in [4.69, 9.17) is 4.74 Å². The van der Waals surface area contributed by atoms with Crippen molar-refractivity contribution in [3.8, 4) is 0 Å². The summed E-state index contributed by atoms with van der Waals surface area (Å²) in [4.78, 5) is 16.9. The van der Waals surface area contributed by atoms with Gasteiger partial charge in [-0.2, -0.15) is 0 Å². The quantitative estimate of drug-likeness (QED) is 0.863. The van der Waals surface area contributed by atoms with Crippen LogP contribution in [-0.4, -0.2) is 74.2 Å². The van der Waals surface area contributed by atoms with E-state index in [1.165, 1.54) is 11.1 Å². The van der Waals surface area contributed by atoms with E-state index >= 15 is 0 Å². The Balaban J connectivity index is 1.60. The Morgan fingerprint density at radius 1 is 1.04 bits per heavy atom. The number of carbonyl (C=O) groups excluding carboxylic acids is 1. The summed E-state index contributed by atoms with van der Waals surface area (Å²) >= 11 is 0. The van der Waals surface area contributed by atoms with Gasteiger partial charge in [-0.3, -0.25) is 9.69 Å². The number of amides is 1. The van der Waals surface area contributed by atoms with Crippen LogP contribution in [0.15, 0.2) is 60.7 Å². The van der Waals surface area contributed by atoms with E-state index in [1.807, 2.05) is 4.90 Å². The van der Waals surface area contributed by atoms with Gasteiger partial charge in [0, 0.05) is 57.8 Å². The van der Waals surface area contributed by atoms with Gasteiger partial charge in [0.15, 0.2) is 0 Å². The Kier molecular flexibility index (Phi) is 6.05. The van der Waals surface area contributed by atoms with Crippen LogP contribution in [0.25, 0.3) is 0 Å². The molecule has 5 nitrogen and oxygen atoms in total. The molecular formula is C23H29N3O2. The lowest BCUT2D eigenvalue weighted by Gasteiger charge is -2.50. The van der Waals surface area contributed by atoms with Gasteiger partial charge in [0.1, 0.15) is 6.61 Å². The molecule has 2 aromatic rings. The molecule has 4 rings (SSSR count). The fourth-order valence-electron chi connectivity index (χ4n) is 4.71. The smallest absolute Gasteiger partial charge is 0.248 e. The number of benzene rings is 2. The highest BCUT2D eigenvalue weighted by molar-refractivity contribution is 5.77. The van der Waals surface area contributed by atoms with Crippen molar-refractivity contribution in [2.45, 2.75) is 18.0 Å². The molecule has 0 aromatic heterocycles. The molecule has 1 N–H and O–H groups in total. The molecule has 28 heavy (non-hydrogen) atoms. The topological polar surface area (TPSA) is 44.8 Å². The third kappa shape index (κ3) is 3.97. The molecule has 1 unspecified atom stereocenters. The number of nitrogens with one attached hydrogen (secondary N) is 1. The fourth-order valence-corrected chi connectivity index (χ4v) is 4.71. The van der Waals surface area contributed by atoms with Crippen LogP contribution >= 0.6 is 0 Å². The number of rotatable bonds is 5. The van der Waals surface area contributed by atoms with Crippen molar-refractivity contribution in [3.63, 3.8) is 0 Å². The SMILES string of the molecule is COCC(=O)N1CCN2C(C(c3ccccc3)c3ccccc3)CNC[C@@H]2C1. The molecule has 2 heterocycles. The van der Waals surface area contributed by atoms with Gasteiger partial charge in [0.2, 0.25) is 5.91 Å². The second-order valence-corrected chi connectivity index (χ2v) is 7.69. The lowest BCUT2D eigenvalue weighted by Crippen LogP contribution is -2.67. The maximum Gasteiger partial charge on any atom is 0.248 e. The minimum absolute atomic E-state index is 0.0898. The van der Waals surface area contributed by atoms with E-state index in [2.05, 4.69) is 70.9 Å². The van der Waals surface area contributed by atoms with Crippen LogP contribution in [0.3, 0.4) is 0 Å². The molecule has 0 bridgehead atoms. The van der Waals surface area contributed by atoms with Gasteiger partial charge >= 0.3 is 0 Å². The first-order valence-corrected chi connectivity index (χ1v) is 10.1. The number of carbonyl (C=O) groups is 1. The predicted molar refractivity (Wildman–Crippen MR) is 110 cm³/mol. The van der Waals surface area contributed by atoms with Crippen LogP contribution in [0.4, 0.5) is 0 Å². The molecule has 2 fully saturated rings. The summed E-state index contributed by atoms with van der Waals surface area (Å²) in [6.45, 7) is 4.48. The van der Waals surface area contributed by atoms with Crippen LogP contribution in [0.5, 0.6) is 0 Å². The molecule has 2 aliphatic rings. The molecule has 0 saturated carbocycles. The number of methoxy groups -OCH3 is 1. The molecule has 148 valence electrons. The molecule has 2 atom stereocenters. The van der Waals surface area contributed by atoms with Crippen molar-refractivity contribution in [1.29, 1.82) is 0 Å². The summed E-state index contributed by atoms with van der Waals surface area (Å²) in [6.07, 6.45) is 0. The Labute approximate surface area is 167 Å². The number of hydrogen-bond acceptors (Lipinski definition) is 4. The van der Waals surface area contributed by atoms with Crippen molar-refractivity contribution < 1.29 is 9.53 Å². The second kappa shape index (κ2) is 8.86. The number of nitrogens with zero attached hydrogens (tertiary/aromatic N) is 2. The summed E-state index contributed by atoms with van der Waals surface area (Å²) in [5.41, 5.74) is 2.69. The van der Waals surface area contributed by atoms with E-state index < -0.39 is 0 Å². The van der Waals surface area contributed by atoms with Crippen LogP contribution in [0.2, 0.25) is 0 Å². The Bertz CT molecular complexity index is 728. The molecule has 2 saturated heterocycles. The zero-order valence-electron chi connectivity index (χ0n) is 16.5. The summed E-state index contributed by atoms with van der Waals surface area (Å²) in [5, 5.41) is 3.63. The summed E-state index contributed by atoms with van der Waals surface area (Å²) in [5.74, 6) is 0.394. The van der Waals surface area contributed by atoms with E-state index in [-0.39, 0.29) is 12.5 Å². The molecule has 0 radical (unpaired) electrons. The molecular weight excluding hydrogens is 350 g/mol. The molecule has 1 amide bonds. The first kappa shape index (κ1) is 19.1. The molecule has 0 aliphatic carbocycles. The zero-order chi connectivity index (χ0) is 19.3. The van der Waals surface area contributed by atoms with Crippen molar-refractivity contribution in [2.75, 3.05) is 46.4 Å². The van der Waals surface area contributed by atoms with Gasteiger partial charge < -0.3 is 15.0 Å². The Hall–Kier alpha value is -2.21. The van der Waals surface area contributed by atoms with Gasteiger partial charge in [-0.1, -0.05) is 60.7 Å². The lowest BCUT2D eigenvalue weighted by atomic mass is 9.82. The average Bonchev–Trinajstić information content (AvgIpc) is 2.75. The number of ether oxygens (including phenoxy) is 1. The number of fused-ring (bicyclic) bond motifs is 1.